The van der Waals surface area contributed by atoms with Gasteiger partial charge in [0.25, 0.3) is 0 Å². The van der Waals surface area contributed by atoms with Crippen LogP contribution in [-0.2, 0) is 0 Å². The minimum Gasteiger partial charge on any atom is -0.493 e. The summed E-state index contributed by atoms with van der Waals surface area (Å²) >= 11 is 0. The minimum atomic E-state index is 0.828. The van der Waals surface area contributed by atoms with Gasteiger partial charge in [-0.25, -0.2) is 0 Å². The first-order valence-corrected chi connectivity index (χ1v) is 6.70. The zero-order valence-electron chi connectivity index (χ0n) is 11.0. The Balaban J connectivity index is 1.63. The summed E-state index contributed by atoms with van der Waals surface area (Å²) in [5.74, 6) is 1.07. The van der Waals surface area contributed by atoms with E-state index in [4.69, 9.17) is 4.74 Å². The maximum atomic E-state index is 5.86. The highest BCUT2D eigenvalue weighted by Gasteiger charge is 2.19. The SMILES string of the molecule is Cc1cccc(C)c1OCCCCNC1CC1. The van der Waals surface area contributed by atoms with Crippen LogP contribution in [0.1, 0.15) is 36.8 Å². The summed E-state index contributed by atoms with van der Waals surface area (Å²) in [6, 6.07) is 7.12. The lowest BCUT2D eigenvalue weighted by Gasteiger charge is -2.11. The predicted molar refractivity (Wildman–Crippen MR) is 71.7 cm³/mol. The van der Waals surface area contributed by atoms with Gasteiger partial charge in [-0.15, -0.1) is 0 Å². The van der Waals surface area contributed by atoms with Gasteiger partial charge in [0.15, 0.2) is 0 Å². The lowest BCUT2D eigenvalue weighted by molar-refractivity contribution is 0.302. The Labute approximate surface area is 104 Å². The third kappa shape index (κ3) is 4.04. The van der Waals surface area contributed by atoms with E-state index in [1.54, 1.807) is 0 Å². The van der Waals surface area contributed by atoms with Crippen LogP contribution in [0.5, 0.6) is 5.75 Å². The van der Waals surface area contributed by atoms with Gasteiger partial charge < -0.3 is 10.1 Å². The van der Waals surface area contributed by atoms with Gasteiger partial charge in [0, 0.05) is 6.04 Å². The molecule has 1 fully saturated rings. The van der Waals surface area contributed by atoms with Crippen molar-refractivity contribution in [1.82, 2.24) is 5.32 Å². The molecule has 0 unspecified atom stereocenters. The minimum absolute atomic E-state index is 0.828. The monoisotopic (exact) mass is 233 g/mol. The summed E-state index contributed by atoms with van der Waals surface area (Å²) in [6.45, 7) is 6.19. The molecule has 0 atom stereocenters. The number of rotatable bonds is 7. The van der Waals surface area contributed by atoms with Crippen molar-refractivity contribution in [2.45, 2.75) is 45.6 Å². The Morgan fingerprint density at radius 1 is 1.18 bits per heavy atom. The molecule has 0 aliphatic heterocycles. The molecule has 2 rings (SSSR count). The van der Waals surface area contributed by atoms with Gasteiger partial charge in [0.1, 0.15) is 5.75 Å². The fourth-order valence-corrected chi connectivity index (χ4v) is 2.02. The summed E-state index contributed by atoms with van der Waals surface area (Å²) in [5, 5.41) is 3.52. The van der Waals surface area contributed by atoms with Crippen molar-refractivity contribution in [3.05, 3.63) is 29.3 Å². The van der Waals surface area contributed by atoms with E-state index < -0.39 is 0 Å². The quantitative estimate of drug-likeness (QED) is 0.730. The molecule has 0 saturated heterocycles. The van der Waals surface area contributed by atoms with E-state index in [1.807, 2.05) is 0 Å². The van der Waals surface area contributed by atoms with Gasteiger partial charge in [-0.2, -0.15) is 0 Å². The Morgan fingerprint density at radius 3 is 2.53 bits per heavy atom. The smallest absolute Gasteiger partial charge is 0.125 e. The largest absolute Gasteiger partial charge is 0.493 e. The molecule has 2 nitrogen and oxygen atoms in total. The van der Waals surface area contributed by atoms with Gasteiger partial charge >= 0.3 is 0 Å². The first-order valence-electron chi connectivity index (χ1n) is 6.70. The van der Waals surface area contributed by atoms with E-state index >= 15 is 0 Å². The predicted octanol–water partition coefficient (Wildman–Crippen LogP) is 3.21. The van der Waals surface area contributed by atoms with E-state index in [9.17, 15) is 0 Å². The number of benzene rings is 1. The maximum Gasteiger partial charge on any atom is 0.125 e. The van der Waals surface area contributed by atoms with Crippen LogP contribution in [0.15, 0.2) is 18.2 Å². The molecule has 0 aromatic heterocycles. The van der Waals surface area contributed by atoms with Crippen LogP contribution in [0, 0.1) is 13.8 Å². The average molecular weight is 233 g/mol. The molecule has 1 aromatic carbocycles. The Kier molecular flexibility index (Phi) is 4.43. The fourth-order valence-electron chi connectivity index (χ4n) is 2.02. The zero-order chi connectivity index (χ0) is 12.1. The summed E-state index contributed by atoms with van der Waals surface area (Å²) in [6.07, 6.45) is 5.09. The number of hydrogen-bond donors (Lipinski definition) is 1. The molecule has 17 heavy (non-hydrogen) atoms. The zero-order valence-corrected chi connectivity index (χ0v) is 11.0. The molecule has 2 heteroatoms. The van der Waals surface area contributed by atoms with Crippen molar-refractivity contribution in [2.75, 3.05) is 13.2 Å². The molecule has 1 aliphatic carbocycles. The molecule has 1 saturated carbocycles. The maximum absolute atomic E-state index is 5.86. The second-order valence-electron chi connectivity index (χ2n) is 5.00. The van der Waals surface area contributed by atoms with Crippen LogP contribution in [0.4, 0.5) is 0 Å². The van der Waals surface area contributed by atoms with Crippen LogP contribution in [0.2, 0.25) is 0 Å². The Hall–Kier alpha value is -1.02. The standard InChI is InChI=1S/C15H23NO/c1-12-6-5-7-13(2)15(12)17-11-4-3-10-16-14-8-9-14/h5-7,14,16H,3-4,8-11H2,1-2H3. The van der Waals surface area contributed by atoms with E-state index in [2.05, 4.69) is 37.4 Å². The molecule has 0 bridgehead atoms. The lowest BCUT2D eigenvalue weighted by Crippen LogP contribution is -2.18. The Morgan fingerprint density at radius 2 is 1.88 bits per heavy atom. The highest BCUT2D eigenvalue weighted by Crippen LogP contribution is 2.22. The highest BCUT2D eigenvalue weighted by atomic mass is 16.5. The van der Waals surface area contributed by atoms with Gasteiger partial charge in [0.2, 0.25) is 0 Å². The molecule has 94 valence electrons. The Bertz CT molecular complexity index is 338. The molecule has 1 aromatic rings. The van der Waals surface area contributed by atoms with Gasteiger partial charge in [-0.05, 0) is 57.2 Å². The number of unbranched alkanes of at least 4 members (excludes halogenated alkanes) is 1. The average Bonchev–Trinajstić information content (AvgIpc) is 3.10. The number of ether oxygens (including phenoxy) is 1. The van der Waals surface area contributed by atoms with Crippen molar-refractivity contribution in [3.8, 4) is 5.75 Å². The summed E-state index contributed by atoms with van der Waals surface area (Å²) in [4.78, 5) is 0. The van der Waals surface area contributed by atoms with Crippen LogP contribution < -0.4 is 10.1 Å². The lowest BCUT2D eigenvalue weighted by atomic mass is 10.1. The number of hydrogen-bond acceptors (Lipinski definition) is 2. The van der Waals surface area contributed by atoms with E-state index in [0.29, 0.717) is 0 Å². The topological polar surface area (TPSA) is 21.3 Å². The van der Waals surface area contributed by atoms with Crippen LogP contribution in [0.3, 0.4) is 0 Å². The fraction of sp³-hybridized carbons (Fsp3) is 0.600. The molecule has 0 heterocycles. The summed E-state index contributed by atoms with van der Waals surface area (Å²) < 4.78 is 5.86. The van der Waals surface area contributed by atoms with Crippen LogP contribution in [-0.4, -0.2) is 19.2 Å². The summed E-state index contributed by atoms with van der Waals surface area (Å²) in [5.41, 5.74) is 2.47. The first kappa shape index (κ1) is 12.4. The van der Waals surface area contributed by atoms with Gasteiger partial charge in [-0.1, -0.05) is 18.2 Å². The normalized spacial score (nSPS) is 14.9. The number of nitrogens with one attached hydrogen (secondary N) is 1. The molecule has 0 amide bonds. The summed E-state index contributed by atoms with van der Waals surface area (Å²) in [7, 11) is 0. The van der Waals surface area contributed by atoms with E-state index in [0.717, 1.165) is 31.4 Å². The van der Waals surface area contributed by atoms with Crippen molar-refractivity contribution >= 4 is 0 Å². The van der Waals surface area contributed by atoms with Crippen LogP contribution >= 0.6 is 0 Å². The van der Waals surface area contributed by atoms with Crippen molar-refractivity contribution in [1.29, 1.82) is 0 Å². The highest BCUT2D eigenvalue weighted by molar-refractivity contribution is 5.39. The molecule has 1 N–H and O–H groups in total. The molecular formula is C15H23NO. The van der Waals surface area contributed by atoms with Crippen molar-refractivity contribution < 1.29 is 4.74 Å². The van der Waals surface area contributed by atoms with Crippen molar-refractivity contribution in [2.24, 2.45) is 0 Å². The molecule has 1 aliphatic rings. The van der Waals surface area contributed by atoms with E-state index in [1.165, 1.54) is 30.4 Å². The molecule has 0 spiro atoms. The van der Waals surface area contributed by atoms with E-state index in [-0.39, 0.29) is 0 Å². The molecule has 0 radical (unpaired) electrons. The van der Waals surface area contributed by atoms with Gasteiger partial charge in [-0.3, -0.25) is 0 Å². The van der Waals surface area contributed by atoms with Crippen LogP contribution in [0.25, 0.3) is 0 Å². The van der Waals surface area contributed by atoms with Gasteiger partial charge in [0.05, 0.1) is 6.61 Å². The number of para-hydroxylation sites is 1. The second kappa shape index (κ2) is 6.06. The second-order valence-corrected chi connectivity index (χ2v) is 5.00. The molecular weight excluding hydrogens is 210 g/mol. The van der Waals surface area contributed by atoms with Crippen molar-refractivity contribution in [3.63, 3.8) is 0 Å². The first-order chi connectivity index (χ1) is 8.27. The third-order valence-electron chi connectivity index (χ3n) is 3.24. The number of aryl methyl sites for hydroxylation is 2. The third-order valence-corrected chi connectivity index (χ3v) is 3.24.